The Hall–Kier alpha value is -1.59. The average Bonchev–Trinajstić information content (AvgIpc) is 3.45. The van der Waals surface area contributed by atoms with Gasteiger partial charge in [-0.2, -0.15) is 0 Å². The van der Waals surface area contributed by atoms with Crippen molar-refractivity contribution in [2.75, 3.05) is 19.6 Å². The van der Waals surface area contributed by atoms with Gasteiger partial charge in [-0.3, -0.25) is 14.4 Å². The van der Waals surface area contributed by atoms with Crippen LogP contribution in [-0.2, 0) is 14.4 Å². The second-order valence-corrected chi connectivity index (χ2v) is 7.34. The van der Waals surface area contributed by atoms with E-state index in [0.29, 0.717) is 32.5 Å². The zero-order valence-corrected chi connectivity index (χ0v) is 15.7. The molecule has 2 aliphatic rings. The first-order chi connectivity index (χ1) is 12.0. The molecule has 0 spiro atoms. The molecule has 2 saturated carbocycles. The molecule has 0 aromatic rings. The molecule has 2 fully saturated rings. The first-order valence-corrected chi connectivity index (χ1v) is 9.90. The molecule has 6 nitrogen and oxygen atoms in total. The highest BCUT2D eigenvalue weighted by atomic mass is 16.2. The van der Waals surface area contributed by atoms with Crippen molar-refractivity contribution in [3.05, 3.63) is 0 Å². The van der Waals surface area contributed by atoms with E-state index >= 15 is 0 Å². The molecule has 0 heterocycles. The molecule has 2 N–H and O–H groups in total. The van der Waals surface area contributed by atoms with E-state index in [1.165, 1.54) is 0 Å². The predicted molar refractivity (Wildman–Crippen MR) is 96.9 cm³/mol. The van der Waals surface area contributed by atoms with Crippen molar-refractivity contribution in [2.24, 2.45) is 5.92 Å². The van der Waals surface area contributed by atoms with Crippen molar-refractivity contribution < 1.29 is 14.4 Å². The number of carbonyl (C=O) groups is 3. The highest BCUT2D eigenvalue weighted by Crippen LogP contribution is 2.30. The van der Waals surface area contributed by atoms with E-state index in [1.807, 2.05) is 18.7 Å². The van der Waals surface area contributed by atoms with Gasteiger partial charge in [0.2, 0.25) is 17.7 Å². The number of rotatable bonds is 9. The van der Waals surface area contributed by atoms with Gasteiger partial charge in [0.25, 0.3) is 0 Å². The van der Waals surface area contributed by atoms with E-state index < -0.39 is 5.54 Å². The second-order valence-electron chi connectivity index (χ2n) is 7.34. The average molecular weight is 351 g/mol. The molecule has 0 aromatic heterocycles. The molecule has 25 heavy (non-hydrogen) atoms. The van der Waals surface area contributed by atoms with Crippen LogP contribution in [0, 0.1) is 5.92 Å². The monoisotopic (exact) mass is 351 g/mol. The van der Waals surface area contributed by atoms with Crippen LogP contribution in [0.25, 0.3) is 0 Å². The van der Waals surface area contributed by atoms with Crippen molar-refractivity contribution in [2.45, 2.75) is 77.2 Å². The van der Waals surface area contributed by atoms with Crippen LogP contribution in [0.5, 0.6) is 0 Å². The van der Waals surface area contributed by atoms with Crippen LogP contribution in [0.2, 0.25) is 0 Å². The van der Waals surface area contributed by atoms with E-state index in [1.54, 1.807) is 0 Å². The fourth-order valence-corrected chi connectivity index (χ4v) is 3.64. The number of nitrogens with zero attached hydrogens (tertiary/aromatic N) is 1. The van der Waals surface area contributed by atoms with Crippen molar-refractivity contribution in [1.29, 1.82) is 0 Å². The third-order valence-electron chi connectivity index (χ3n) is 5.37. The Kier molecular flexibility index (Phi) is 7.26. The van der Waals surface area contributed by atoms with E-state index in [4.69, 9.17) is 0 Å². The lowest BCUT2D eigenvalue weighted by Crippen LogP contribution is -2.60. The normalized spacial score (nSPS) is 19.1. The summed E-state index contributed by atoms with van der Waals surface area (Å²) < 4.78 is 0. The quantitative estimate of drug-likeness (QED) is 0.624. The Balaban J connectivity index is 1.84. The van der Waals surface area contributed by atoms with Gasteiger partial charge >= 0.3 is 0 Å². The van der Waals surface area contributed by atoms with Gasteiger partial charge in [0.15, 0.2) is 0 Å². The Bertz CT molecular complexity index is 478. The Labute approximate surface area is 151 Å². The molecule has 0 bridgehead atoms. The van der Waals surface area contributed by atoms with Gasteiger partial charge in [-0.15, -0.1) is 0 Å². The number of likely N-dealkylation sites (N-methyl/N-ethyl adjacent to an activating group) is 1. The molecule has 3 amide bonds. The molecule has 0 radical (unpaired) electrons. The first-order valence-electron chi connectivity index (χ1n) is 9.90. The summed E-state index contributed by atoms with van der Waals surface area (Å²) in [7, 11) is 0. The topological polar surface area (TPSA) is 78.5 Å². The molecule has 0 aromatic carbocycles. The molecular weight excluding hydrogens is 318 g/mol. The molecule has 0 saturated heterocycles. The SMILES string of the molecule is CCN(CC)C(=O)C1(NC(=O)CCCNC(=O)C2CC2)CCCCC1. The maximum absolute atomic E-state index is 13.0. The lowest BCUT2D eigenvalue weighted by molar-refractivity contribution is -0.143. The molecule has 2 rings (SSSR count). The Morgan fingerprint density at radius 1 is 1.04 bits per heavy atom. The van der Waals surface area contributed by atoms with Crippen LogP contribution < -0.4 is 10.6 Å². The van der Waals surface area contributed by atoms with E-state index in [2.05, 4.69) is 10.6 Å². The molecule has 0 aliphatic heterocycles. The molecule has 2 aliphatic carbocycles. The van der Waals surface area contributed by atoms with Gasteiger partial charge in [-0.25, -0.2) is 0 Å². The minimum Gasteiger partial charge on any atom is -0.356 e. The van der Waals surface area contributed by atoms with Gasteiger partial charge in [0, 0.05) is 32.0 Å². The zero-order valence-electron chi connectivity index (χ0n) is 15.7. The van der Waals surface area contributed by atoms with E-state index in [0.717, 1.165) is 44.9 Å². The summed E-state index contributed by atoms with van der Waals surface area (Å²) in [5, 5.41) is 5.94. The summed E-state index contributed by atoms with van der Waals surface area (Å²) in [5.41, 5.74) is -0.724. The Morgan fingerprint density at radius 2 is 1.68 bits per heavy atom. The van der Waals surface area contributed by atoms with Gasteiger partial charge in [-0.1, -0.05) is 19.3 Å². The second kappa shape index (κ2) is 9.20. The number of nitrogens with one attached hydrogen (secondary N) is 2. The number of amides is 3. The van der Waals surface area contributed by atoms with E-state index in [-0.39, 0.29) is 23.6 Å². The maximum atomic E-state index is 13.0. The van der Waals surface area contributed by atoms with Crippen molar-refractivity contribution in [3.63, 3.8) is 0 Å². The third-order valence-corrected chi connectivity index (χ3v) is 5.37. The summed E-state index contributed by atoms with van der Waals surface area (Å²) in [6.07, 6.45) is 7.47. The standard InChI is InChI=1S/C19H33N3O3/c1-3-22(4-2)18(25)19(12-6-5-7-13-19)21-16(23)9-8-14-20-17(24)15-10-11-15/h15H,3-14H2,1-2H3,(H,20,24)(H,21,23). The molecule has 0 atom stereocenters. The van der Waals surface area contributed by atoms with Crippen LogP contribution in [0.3, 0.4) is 0 Å². The van der Waals surface area contributed by atoms with Gasteiger partial charge in [0.05, 0.1) is 0 Å². The van der Waals surface area contributed by atoms with Crippen molar-refractivity contribution in [3.8, 4) is 0 Å². The van der Waals surface area contributed by atoms with Gasteiger partial charge in [0.1, 0.15) is 5.54 Å². The fraction of sp³-hybridized carbons (Fsp3) is 0.842. The summed E-state index contributed by atoms with van der Waals surface area (Å²) in [5.74, 6) is 0.294. The number of hydrogen-bond acceptors (Lipinski definition) is 3. The largest absolute Gasteiger partial charge is 0.356 e. The number of hydrogen-bond donors (Lipinski definition) is 2. The maximum Gasteiger partial charge on any atom is 0.248 e. The van der Waals surface area contributed by atoms with Crippen LogP contribution in [0.4, 0.5) is 0 Å². The van der Waals surface area contributed by atoms with Gasteiger partial charge < -0.3 is 15.5 Å². The van der Waals surface area contributed by atoms with Crippen LogP contribution in [0.1, 0.15) is 71.6 Å². The van der Waals surface area contributed by atoms with Crippen LogP contribution in [0.15, 0.2) is 0 Å². The lowest BCUT2D eigenvalue weighted by Gasteiger charge is -2.40. The number of carbonyl (C=O) groups excluding carboxylic acids is 3. The van der Waals surface area contributed by atoms with Crippen molar-refractivity contribution in [1.82, 2.24) is 15.5 Å². The fourth-order valence-electron chi connectivity index (χ4n) is 3.64. The lowest BCUT2D eigenvalue weighted by atomic mass is 9.80. The van der Waals surface area contributed by atoms with E-state index in [9.17, 15) is 14.4 Å². The van der Waals surface area contributed by atoms with Crippen LogP contribution >= 0.6 is 0 Å². The highest BCUT2D eigenvalue weighted by molar-refractivity contribution is 5.91. The summed E-state index contributed by atoms with van der Waals surface area (Å²) >= 11 is 0. The summed E-state index contributed by atoms with van der Waals surface area (Å²) in [6, 6.07) is 0. The smallest absolute Gasteiger partial charge is 0.248 e. The first kappa shape index (κ1) is 19.7. The molecule has 0 unspecified atom stereocenters. The molecular formula is C19H33N3O3. The third kappa shape index (κ3) is 5.44. The minimum absolute atomic E-state index is 0.0626. The van der Waals surface area contributed by atoms with Crippen LogP contribution in [-0.4, -0.2) is 47.8 Å². The minimum atomic E-state index is -0.724. The zero-order chi connectivity index (χ0) is 18.3. The Morgan fingerprint density at radius 3 is 2.24 bits per heavy atom. The van der Waals surface area contributed by atoms with Gasteiger partial charge in [-0.05, 0) is 46.0 Å². The predicted octanol–water partition coefficient (Wildman–Crippen LogP) is 1.98. The molecule has 142 valence electrons. The highest BCUT2D eigenvalue weighted by Gasteiger charge is 2.42. The summed E-state index contributed by atoms with van der Waals surface area (Å²) in [4.78, 5) is 38.8. The summed E-state index contributed by atoms with van der Waals surface area (Å²) in [6.45, 7) is 5.81. The molecule has 6 heteroatoms. The van der Waals surface area contributed by atoms with Crippen molar-refractivity contribution >= 4 is 17.7 Å².